The van der Waals surface area contributed by atoms with E-state index in [2.05, 4.69) is 46.4 Å². The molecule has 26 heavy (non-hydrogen) atoms. The number of nitrogens with zero attached hydrogens (tertiary/aromatic N) is 1. The fourth-order valence-corrected chi connectivity index (χ4v) is 3.32. The van der Waals surface area contributed by atoms with Crippen molar-refractivity contribution in [1.29, 1.82) is 0 Å². The number of fused-ring (bicyclic) bond motifs is 1. The summed E-state index contributed by atoms with van der Waals surface area (Å²) in [7, 11) is 0. The van der Waals surface area contributed by atoms with Gasteiger partial charge in [-0.2, -0.15) is 0 Å². The Labute approximate surface area is 160 Å². The Bertz CT molecular complexity index is 762. The number of hydrogen-bond donors (Lipinski definition) is 2. The van der Waals surface area contributed by atoms with Gasteiger partial charge in [-0.05, 0) is 48.8 Å². The molecular weight excluding hydrogens is 342 g/mol. The van der Waals surface area contributed by atoms with Crippen molar-refractivity contribution in [3.63, 3.8) is 0 Å². The van der Waals surface area contributed by atoms with Crippen LogP contribution in [-0.2, 0) is 6.42 Å². The Morgan fingerprint density at radius 1 is 1.23 bits per heavy atom. The predicted octanol–water partition coefficient (Wildman–Crippen LogP) is 3.99. The molecular formula is C21H25N3OS. The van der Waals surface area contributed by atoms with E-state index in [4.69, 9.17) is 17.0 Å². The second kappa shape index (κ2) is 9.25. The number of nitrogens with one attached hydrogen (secondary N) is 2. The van der Waals surface area contributed by atoms with Gasteiger partial charge in [-0.3, -0.25) is 0 Å². The molecule has 0 atom stereocenters. The van der Waals surface area contributed by atoms with Crippen LogP contribution in [0.15, 0.2) is 61.2 Å². The standard InChI is InChI=1S/C21H25N3OS/c1-2-15-25-19-9-5-8-18(16-19)23-21(26)22-12-6-13-24-14-11-17-7-3-4-10-20(17)24/h2-5,7-10,16H,1,6,11-15H2,(H2,22,23,26). The SMILES string of the molecule is C=CCOc1cccc(NC(=S)NCCCN2CCc3ccccc32)c1. The van der Waals surface area contributed by atoms with E-state index in [-0.39, 0.29) is 0 Å². The molecule has 3 rings (SSSR count). The summed E-state index contributed by atoms with van der Waals surface area (Å²) in [5.74, 6) is 0.797. The second-order valence-electron chi connectivity index (χ2n) is 6.23. The molecule has 0 aromatic heterocycles. The van der Waals surface area contributed by atoms with Gasteiger partial charge >= 0.3 is 0 Å². The van der Waals surface area contributed by atoms with Crippen molar-refractivity contribution in [1.82, 2.24) is 5.32 Å². The number of thiocarbonyl (C=S) groups is 1. The molecule has 2 aromatic carbocycles. The first kappa shape index (κ1) is 18.3. The van der Waals surface area contributed by atoms with Crippen molar-refractivity contribution in [2.45, 2.75) is 12.8 Å². The Morgan fingerprint density at radius 3 is 3.00 bits per heavy atom. The van der Waals surface area contributed by atoms with E-state index in [1.165, 1.54) is 11.3 Å². The van der Waals surface area contributed by atoms with E-state index in [1.807, 2.05) is 24.3 Å². The molecule has 0 saturated heterocycles. The van der Waals surface area contributed by atoms with Crippen molar-refractivity contribution in [3.05, 3.63) is 66.7 Å². The fraction of sp³-hybridized carbons (Fsp3) is 0.286. The lowest BCUT2D eigenvalue weighted by Crippen LogP contribution is -2.32. The minimum Gasteiger partial charge on any atom is -0.489 e. The Balaban J connectivity index is 1.39. The summed E-state index contributed by atoms with van der Waals surface area (Å²) >= 11 is 5.39. The number of hydrogen-bond acceptors (Lipinski definition) is 3. The van der Waals surface area contributed by atoms with Gasteiger partial charge in [0, 0.05) is 37.1 Å². The Morgan fingerprint density at radius 2 is 2.12 bits per heavy atom. The van der Waals surface area contributed by atoms with Gasteiger partial charge in [-0.15, -0.1) is 0 Å². The highest BCUT2D eigenvalue weighted by Crippen LogP contribution is 2.27. The molecule has 0 radical (unpaired) electrons. The normalized spacial score (nSPS) is 12.4. The van der Waals surface area contributed by atoms with Crippen LogP contribution in [0, 0.1) is 0 Å². The first-order valence-corrected chi connectivity index (χ1v) is 9.38. The quantitative estimate of drug-likeness (QED) is 0.419. The molecule has 0 amide bonds. The summed E-state index contributed by atoms with van der Waals surface area (Å²) in [6.07, 6.45) is 3.91. The van der Waals surface area contributed by atoms with Gasteiger partial charge in [0.1, 0.15) is 12.4 Å². The monoisotopic (exact) mass is 367 g/mol. The van der Waals surface area contributed by atoms with Gasteiger partial charge in [0.15, 0.2) is 5.11 Å². The third-order valence-corrected chi connectivity index (χ3v) is 4.58. The van der Waals surface area contributed by atoms with Crippen LogP contribution in [0.5, 0.6) is 5.75 Å². The molecule has 0 saturated carbocycles. The van der Waals surface area contributed by atoms with E-state index in [0.717, 1.165) is 43.9 Å². The molecule has 1 aliphatic heterocycles. The molecule has 2 N–H and O–H groups in total. The van der Waals surface area contributed by atoms with Crippen LogP contribution in [0.25, 0.3) is 0 Å². The van der Waals surface area contributed by atoms with Crippen LogP contribution >= 0.6 is 12.2 Å². The van der Waals surface area contributed by atoms with E-state index in [1.54, 1.807) is 6.08 Å². The van der Waals surface area contributed by atoms with Crippen LogP contribution in [0.4, 0.5) is 11.4 Å². The van der Waals surface area contributed by atoms with Crippen molar-refractivity contribution >= 4 is 28.7 Å². The first-order chi connectivity index (χ1) is 12.8. The largest absolute Gasteiger partial charge is 0.489 e. The van der Waals surface area contributed by atoms with Gasteiger partial charge < -0.3 is 20.3 Å². The van der Waals surface area contributed by atoms with Crippen LogP contribution < -0.4 is 20.3 Å². The molecule has 0 aliphatic carbocycles. The van der Waals surface area contributed by atoms with Crippen LogP contribution in [0.1, 0.15) is 12.0 Å². The van der Waals surface area contributed by atoms with E-state index in [9.17, 15) is 0 Å². The first-order valence-electron chi connectivity index (χ1n) is 8.98. The lowest BCUT2D eigenvalue weighted by Gasteiger charge is -2.19. The van der Waals surface area contributed by atoms with Gasteiger partial charge in [-0.1, -0.05) is 36.9 Å². The molecule has 4 nitrogen and oxygen atoms in total. The number of benzene rings is 2. The summed E-state index contributed by atoms with van der Waals surface area (Å²) in [5, 5.41) is 7.11. The average Bonchev–Trinajstić information content (AvgIpc) is 3.07. The smallest absolute Gasteiger partial charge is 0.170 e. The summed E-state index contributed by atoms with van der Waals surface area (Å²) in [6.45, 7) is 7.14. The predicted molar refractivity (Wildman–Crippen MR) is 113 cm³/mol. The Kier molecular flexibility index (Phi) is 6.50. The lowest BCUT2D eigenvalue weighted by atomic mass is 10.2. The second-order valence-corrected chi connectivity index (χ2v) is 6.64. The molecule has 1 aliphatic rings. The molecule has 136 valence electrons. The number of para-hydroxylation sites is 1. The zero-order valence-corrected chi connectivity index (χ0v) is 15.7. The van der Waals surface area contributed by atoms with Crippen LogP contribution in [0.2, 0.25) is 0 Å². The van der Waals surface area contributed by atoms with E-state index >= 15 is 0 Å². The van der Waals surface area contributed by atoms with Gasteiger partial charge in [0.05, 0.1) is 0 Å². The molecule has 0 bridgehead atoms. The van der Waals surface area contributed by atoms with Gasteiger partial charge in [0.2, 0.25) is 0 Å². The topological polar surface area (TPSA) is 36.5 Å². The molecule has 1 heterocycles. The maximum absolute atomic E-state index is 5.53. The average molecular weight is 368 g/mol. The third-order valence-electron chi connectivity index (χ3n) is 4.33. The van der Waals surface area contributed by atoms with E-state index in [0.29, 0.717) is 11.7 Å². The number of anilines is 2. The van der Waals surface area contributed by atoms with Gasteiger partial charge in [-0.25, -0.2) is 0 Å². The summed E-state index contributed by atoms with van der Waals surface area (Å²) in [6, 6.07) is 16.4. The molecule has 2 aromatic rings. The summed E-state index contributed by atoms with van der Waals surface area (Å²) in [4.78, 5) is 2.45. The lowest BCUT2D eigenvalue weighted by molar-refractivity contribution is 0.363. The number of ether oxygens (including phenoxy) is 1. The van der Waals surface area contributed by atoms with E-state index < -0.39 is 0 Å². The number of rotatable bonds is 8. The Hall–Kier alpha value is -2.53. The minimum atomic E-state index is 0.492. The fourth-order valence-electron chi connectivity index (χ4n) is 3.10. The highest BCUT2D eigenvalue weighted by molar-refractivity contribution is 7.80. The molecule has 0 spiro atoms. The highest BCUT2D eigenvalue weighted by atomic mass is 32.1. The van der Waals surface area contributed by atoms with Crippen molar-refractivity contribution < 1.29 is 4.74 Å². The van der Waals surface area contributed by atoms with Crippen LogP contribution in [-0.4, -0.2) is 31.4 Å². The molecule has 0 unspecified atom stereocenters. The third kappa shape index (κ3) is 4.99. The summed E-state index contributed by atoms with van der Waals surface area (Å²) < 4.78 is 5.53. The zero-order valence-electron chi connectivity index (χ0n) is 14.9. The molecule has 5 heteroatoms. The maximum atomic E-state index is 5.53. The minimum absolute atomic E-state index is 0.492. The van der Waals surface area contributed by atoms with Crippen molar-refractivity contribution in [2.24, 2.45) is 0 Å². The summed E-state index contributed by atoms with van der Waals surface area (Å²) in [5.41, 5.74) is 3.75. The zero-order chi connectivity index (χ0) is 18.2. The van der Waals surface area contributed by atoms with Crippen molar-refractivity contribution in [2.75, 3.05) is 36.5 Å². The maximum Gasteiger partial charge on any atom is 0.170 e. The van der Waals surface area contributed by atoms with Crippen LogP contribution in [0.3, 0.4) is 0 Å². The molecule has 0 fully saturated rings. The highest BCUT2D eigenvalue weighted by Gasteiger charge is 2.17. The van der Waals surface area contributed by atoms with Gasteiger partial charge in [0.25, 0.3) is 0 Å². The van der Waals surface area contributed by atoms with Crippen molar-refractivity contribution in [3.8, 4) is 5.75 Å².